The Kier molecular flexibility index (Phi) is 8.86. The van der Waals surface area contributed by atoms with Crippen LogP contribution in [-0.4, -0.2) is 28.6 Å². The summed E-state index contributed by atoms with van der Waals surface area (Å²) in [5.41, 5.74) is 2.11. The van der Waals surface area contributed by atoms with E-state index in [1.54, 1.807) is 0 Å². The first-order valence-electron chi connectivity index (χ1n) is 7.35. The zero-order valence-corrected chi connectivity index (χ0v) is 15.4. The van der Waals surface area contributed by atoms with E-state index in [1.807, 2.05) is 45.0 Å². The molecular weight excluding hydrogens is 327 g/mol. The molecule has 0 saturated carbocycles. The maximum Gasteiger partial charge on any atom is 0.501 e. The van der Waals surface area contributed by atoms with Gasteiger partial charge in [-0.3, -0.25) is 0 Å². The average Bonchev–Trinajstić information content (AvgIpc) is 2.46. The molecule has 21 heavy (non-hydrogen) atoms. The number of halogens is 2. The molecule has 0 saturated heterocycles. The molecule has 1 aromatic carbocycles. The largest absolute Gasteiger partial charge is 0.501 e. The molecule has 0 unspecified atom stereocenters. The van der Waals surface area contributed by atoms with Crippen LogP contribution in [0.4, 0.5) is 0 Å². The van der Waals surface area contributed by atoms with Crippen LogP contribution in [-0.2, 0) is 19.7 Å². The summed E-state index contributed by atoms with van der Waals surface area (Å²) in [6, 6.07) is 8.75. The smallest absolute Gasteiger partial charge is 0.374 e. The zero-order chi connectivity index (χ0) is 15.7. The third-order valence-corrected chi connectivity index (χ3v) is 6.60. The summed E-state index contributed by atoms with van der Waals surface area (Å²) in [6.45, 7) is 7.71. The van der Waals surface area contributed by atoms with Gasteiger partial charge in [0.25, 0.3) is 0 Å². The van der Waals surface area contributed by atoms with Crippen molar-refractivity contribution in [1.29, 1.82) is 0 Å². The fourth-order valence-electron chi connectivity index (χ4n) is 2.13. The molecule has 0 N–H and O–H groups in total. The molecule has 1 aromatic rings. The second-order valence-electron chi connectivity index (χ2n) is 4.52. The summed E-state index contributed by atoms with van der Waals surface area (Å²) in [5, 5.41) is 0. The second kappa shape index (κ2) is 9.82. The number of hydrogen-bond acceptors (Lipinski definition) is 3. The van der Waals surface area contributed by atoms with Crippen LogP contribution in [0.15, 0.2) is 24.3 Å². The van der Waals surface area contributed by atoms with Gasteiger partial charge in [0.2, 0.25) is 0 Å². The lowest BCUT2D eigenvalue weighted by Gasteiger charge is -2.28. The minimum atomic E-state index is -2.57. The monoisotopic (exact) mass is 350 g/mol. The van der Waals surface area contributed by atoms with Gasteiger partial charge in [0.1, 0.15) is 4.84 Å². The van der Waals surface area contributed by atoms with E-state index in [0.717, 1.165) is 18.0 Å². The Bertz CT molecular complexity index is 381. The number of alkyl halides is 2. The van der Waals surface area contributed by atoms with Gasteiger partial charge < -0.3 is 13.3 Å². The van der Waals surface area contributed by atoms with Crippen LogP contribution in [0, 0.1) is 0 Å². The van der Waals surface area contributed by atoms with E-state index < -0.39 is 13.6 Å². The fourth-order valence-corrected chi connectivity index (χ4v) is 5.02. The van der Waals surface area contributed by atoms with E-state index in [2.05, 4.69) is 0 Å². The molecule has 0 atom stereocenters. The molecule has 0 spiro atoms. The number of aryl methyl sites for hydroxylation is 1. The molecule has 0 bridgehead atoms. The van der Waals surface area contributed by atoms with E-state index in [-0.39, 0.29) is 0 Å². The number of benzene rings is 1. The van der Waals surface area contributed by atoms with Crippen molar-refractivity contribution in [3.8, 4) is 0 Å². The van der Waals surface area contributed by atoms with Crippen molar-refractivity contribution >= 4 is 32.0 Å². The summed E-state index contributed by atoms with van der Waals surface area (Å²) in [5.74, 6) is 0. The van der Waals surface area contributed by atoms with Crippen molar-refractivity contribution in [2.45, 2.75) is 38.1 Å². The summed E-state index contributed by atoms with van der Waals surface area (Å²) in [4.78, 5) is -0.484. The molecule has 0 aliphatic heterocycles. The first-order chi connectivity index (χ1) is 10.1. The maximum atomic E-state index is 5.85. The lowest BCUT2D eigenvalue weighted by molar-refractivity contribution is 0.0714. The molecule has 0 aliphatic rings. The van der Waals surface area contributed by atoms with Crippen molar-refractivity contribution in [3.63, 3.8) is 0 Å². The fraction of sp³-hybridized carbons (Fsp3) is 0.600. The molecular formula is C15H24Cl2O3Si. The molecule has 0 radical (unpaired) electrons. The van der Waals surface area contributed by atoms with Gasteiger partial charge in [-0.1, -0.05) is 24.3 Å². The van der Waals surface area contributed by atoms with Gasteiger partial charge in [0.05, 0.1) is 0 Å². The van der Waals surface area contributed by atoms with E-state index in [9.17, 15) is 0 Å². The third kappa shape index (κ3) is 6.26. The summed E-state index contributed by atoms with van der Waals surface area (Å²) >= 11 is 11.7. The highest BCUT2D eigenvalue weighted by Crippen LogP contribution is 2.25. The predicted octanol–water partition coefficient (Wildman–Crippen LogP) is 4.75. The molecule has 0 fully saturated rings. The Labute approximate surface area is 138 Å². The van der Waals surface area contributed by atoms with Crippen molar-refractivity contribution in [2.24, 2.45) is 0 Å². The van der Waals surface area contributed by atoms with Gasteiger partial charge in [-0.15, -0.1) is 23.2 Å². The highest BCUT2D eigenvalue weighted by Gasteiger charge is 2.39. The Morgan fingerprint density at radius 3 is 1.76 bits per heavy atom. The summed E-state index contributed by atoms with van der Waals surface area (Å²) in [7, 11) is -2.57. The van der Waals surface area contributed by atoms with Gasteiger partial charge in [-0.25, -0.2) is 0 Å². The first kappa shape index (κ1) is 18.9. The van der Waals surface area contributed by atoms with E-state index in [1.165, 1.54) is 5.56 Å². The lowest BCUT2D eigenvalue weighted by Crippen LogP contribution is -2.46. The van der Waals surface area contributed by atoms with Crippen LogP contribution in [0.3, 0.4) is 0 Å². The van der Waals surface area contributed by atoms with Crippen molar-refractivity contribution in [1.82, 2.24) is 0 Å². The zero-order valence-electron chi connectivity index (χ0n) is 12.9. The van der Waals surface area contributed by atoms with Gasteiger partial charge in [0.15, 0.2) is 0 Å². The standard InChI is InChI=1S/C15H24Cl2O3Si/c1-4-18-21(19-5-2,20-6-3)12-11-13-7-9-14(10-8-13)15(16)17/h7-10,15H,4-6,11-12H2,1-3H3. The quantitative estimate of drug-likeness (QED) is 0.450. The molecule has 0 heterocycles. The Balaban J connectivity index is 2.70. The van der Waals surface area contributed by atoms with Gasteiger partial charge in [-0.2, -0.15) is 0 Å². The minimum absolute atomic E-state index is 0.484. The maximum absolute atomic E-state index is 5.85. The SMILES string of the molecule is CCO[Si](CCc1ccc(C(Cl)Cl)cc1)(OCC)OCC. The molecule has 120 valence electrons. The van der Waals surface area contributed by atoms with Crippen LogP contribution < -0.4 is 0 Å². The lowest BCUT2D eigenvalue weighted by atomic mass is 10.1. The number of rotatable bonds is 10. The molecule has 0 amide bonds. The number of hydrogen-bond donors (Lipinski definition) is 0. The van der Waals surface area contributed by atoms with E-state index in [4.69, 9.17) is 36.5 Å². The normalized spacial score (nSPS) is 12.1. The topological polar surface area (TPSA) is 27.7 Å². The van der Waals surface area contributed by atoms with Gasteiger partial charge in [0, 0.05) is 25.9 Å². The van der Waals surface area contributed by atoms with E-state index in [0.29, 0.717) is 19.8 Å². The van der Waals surface area contributed by atoms with Crippen LogP contribution in [0.5, 0.6) is 0 Å². The van der Waals surface area contributed by atoms with Crippen molar-refractivity contribution in [2.75, 3.05) is 19.8 Å². The van der Waals surface area contributed by atoms with Crippen LogP contribution >= 0.6 is 23.2 Å². The molecule has 3 nitrogen and oxygen atoms in total. The summed E-state index contributed by atoms with van der Waals surface area (Å²) < 4.78 is 17.5. The van der Waals surface area contributed by atoms with Crippen LogP contribution in [0.1, 0.15) is 36.7 Å². The van der Waals surface area contributed by atoms with Crippen LogP contribution in [0.25, 0.3) is 0 Å². The molecule has 0 aromatic heterocycles. The average molecular weight is 351 g/mol. The Hall–Kier alpha value is -0.103. The first-order valence-corrected chi connectivity index (χ1v) is 10.2. The van der Waals surface area contributed by atoms with Gasteiger partial charge >= 0.3 is 8.80 Å². The van der Waals surface area contributed by atoms with Crippen molar-refractivity contribution < 1.29 is 13.3 Å². The van der Waals surface area contributed by atoms with Gasteiger partial charge in [-0.05, 0) is 38.3 Å². The molecule has 0 aliphatic carbocycles. The summed E-state index contributed by atoms with van der Waals surface area (Å²) in [6.07, 6.45) is 0.849. The Morgan fingerprint density at radius 2 is 1.38 bits per heavy atom. The molecule has 6 heteroatoms. The minimum Gasteiger partial charge on any atom is -0.374 e. The second-order valence-corrected chi connectivity index (χ2v) is 8.35. The highest BCUT2D eigenvalue weighted by atomic mass is 35.5. The van der Waals surface area contributed by atoms with E-state index >= 15 is 0 Å². The van der Waals surface area contributed by atoms with Crippen molar-refractivity contribution in [3.05, 3.63) is 35.4 Å². The predicted molar refractivity (Wildman–Crippen MR) is 90.0 cm³/mol. The van der Waals surface area contributed by atoms with Crippen LogP contribution in [0.2, 0.25) is 6.04 Å². The molecule has 1 rings (SSSR count). The Morgan fingerprint density at radius 1 is 0.905 bits per heavy atom. The third-order valence-electron chi connectivity index (χ3n) is 3.04. The highest BCUT2D eigenvalue weighted by molar-refractivity contribution is 6.60.